The van der Waals surface area contributed by atoms with Crippen molar-refractivity contribution in [2.75, 3.05) is 11.9 Å². The van der Waals surface area contributed by atoms with Crippen molar-refractivity contribution < 1.29 is 0 Å². The number of nitrogens with one attached hydrogen (secondary N) is 2. The van der Waals surface area contributed by atoms with Crippen molar-refractivity contribution in [3.05, 3.63) is 23.4 Å². The molecular weight excluding hydrogens is 234 g/mol. The van der Waals surface area contributed by atoms with Gasteiger partial charge in [0.25, 0.3) is 0 Å². The number of pyridine rings is 1. The van der Waals surface area contributed by atoms with E-state index in [-0.39, 0.29) is 0 Å². The zero-order chi connectivity index (χ0) is 14.3. The fraction of sp³-hybridized carbons (Fsp3) is 0.688. The highest BCUT2D eigenvalue weighted by molar-refractivity contribution is 5.40. The predicted molar refractivity (Wildman–Crippen MR) is 83.5 cm³/mol. The number of hydrogen-bond acceptors (Lipinski definition) is 3. The van der Waals surface area contributed by atoms with Gasteiger partial charge in [-0.2, -0.15) is 0 Å². The summed E-state index contributed by atoms with van der Waals surface area (Å²) in [5.74, 6) is 1.69. The molecule has 0 unspecified atom stereocenters. The average Bonchev–Trinajstić information content (AvgIpc) is 2.27. The maximum absolute atomic E-state index is 4.67. The summed E-state index contributed by atoms with van der Waals surface area (Å²) in [7, 11) is 0. The summed E-state index contributed by atoms with van der Waals surface area (Å²) in [5.41, 5.74) is 2.51. The van der Waals surface area contributed by atoms with Gasteiger partial charge in [-0.05, 0) is 50.4 Å². The van der Waals surface area contributed by atoms with Crippen LogP contribution in [0.5, 0.6) is 0 Å². The summed E-state index contributed by atoms with van der Waals surface area (Å²) in [4.78, 5) is 4.67. The minimum absolute atomic E-state index is 0.417. The third-order valence-electron chi connectivity index (χ3n) is 2.76. The molecule has 0 atom stereocenters. The van der Waals surface area contributed by atoms with Gasteiger partial charge in [0.2, 0.25) is 0 Å². The molecule has 0 bridgehead atoms. The van der Waals surface area contributed by atoms with Gasteiger partial charge < -0.3 is 10.6 Å². The quantitative estimate of drug-likeness (QED) is 0.752. The van der Waals surface area contributed by atoms with Crippen molar-refractivity contribution in [3.63, 3.8) is 0 Å². The Bertz CT molecular complexity index is 372. The molecule has 1 heterocycles. The summed E-state index contributed by atoms with van der Waals surface area (Å²) in [6.45, 7) is 12.9. The maximum Gasteiger partial charge on any atom is 0.126 e. The highest BCUT2D eigenvalue weighted by Crippen LogP contribution is 2.13. The molecule has 3 nitrogen and oxygen atoms in total. The first-order chi connectivity index (χ1) is 9.01. The molecule has 3 heteroatoms. The minimum atomic E-state index is 0.417. The Morgan fingerprint density at radius 2 is 1.89 bits per heavy atom. The highest BCUT2D eigenvalue weighted by Gasteiger charge is 2.04. The first-order valence-corrected chi connectivity index (χ1v) is 7.48. The SMILES string of the molecule is CCCc1cc(CNCC(C)C)cc(NC(C)C)n1. The van der Waals surface area contributed by atoms with Crippen molar-refractivity contribution >= 4 is 5.82 Å². The molecule has 0 aliphatic rings. The van der Waals surface area contributed by atoms with Crippen molar-refractivity contribution in [2.24, 2.45) is 5.92 Å². The van der Waals surface area contributed by atoms with E-state index in [1.807, 2.05) is 0 Å². The lowest BCUT2D eigenvalue weighted by Crippen LogP contribution is -2.19. The second-order valence-electron chi connectivity index (χ2n) is 5.93. The first kappa shape index (κ1) is 16.0. The fourth-order valence-electron chi connectivity index (χ4n) is 2.01. The Morgan fingerprint density at radius 1 is 1.16 bits per heavy atom. The van der Waals surface area contributed by atoms with Gasteiger partial charge in [0.05, 0.1) is 0 Å². The molecule has 1 aromatic rings. The summed E-state index contributed by atoms with van der Waals surface area (Å²) in [6, 6.07) is 4.80. The van der Waals surface area contributed by atoms with Crippen LogP contribution in [0.25, 0.3) is 0 Å². The lowest BCUT2D eigenvalue weighted by molar-refractivity contribution is 0.552. The molecule has 0 saturated heterocycles. The van der Waals surface area contributed by atoms with Crippen LogP contribution in [0.4, 0.5) is 5.82 Å². The zero-order valence-corrected chi connectivity index (χ0v) is 13.1. The fourth-order valence-corrected chi connectivity index (χ4v) is 2.01. The Balaban J connectivity index is 2.74. The van der Waals surface area contributed by atoms with Crippen molar-refractivity contribution in [1.82, 2.24) is 10.3 Å². The number of aryl methyl sites for hydroxylation is 1. The number of rotatable bonds is 8. The molecule has 2 N–H and O–H groups in total. The molecular formula is C16H29N3. The summed E-state index contributed by atoms with van der Waals surface area (Å²) < 4.78 is 0. The molecule has 1 rings (SSSR count). The largest absolute Gasteiger partial charge is 0.368 e. The zero-order valence-electron chi connectivity index (χ0n) is 13.1. The van der Waals surface area contributed by atoms with E-state index in [4.69, 9.17) is 0 Å². The number of anilines is 1. The summed E-state index contributed by atoms with van der Waals surface area (Å²) in [5, 5.41) is 6.90. The third kappa shape index (κ3) is 6.58. The van der Waals surface area contributed by atoms with E-state index >= 15 is 0 Å². The first-order valence-electron chi connectivity index (χ1n) is 7.48. The molecule has 19 heavy (non-hydrogen) atoms. The van der Waals surface area contributed by atoms with Crippen LogP contribution in [0.15, 0.2) is 12.1 Å². The van der Waals surface area contributed by atoms with Gasteiger partial charge >= 0.3 is 0 Å². The van der Waals surface area contributed by atoms with Crippen molar-refractivity contribution in [3.8, 4) is 0 Å². The second kappa shape index (κ2) is 8.16. The maximum atomic E-state index is 4.67. The standard InChI is InChI=1S/C16H29N3/c1-6-7-15-8-14(11-17-10-12(2)3)9-16(19-15)18-13(4)5/h8-9,12-13,17H,6-7,10-11H2,1-5H3,(H,18,19). The topological polar surface area (TPSA) is 37.0 Å². The minimum Gasteiger partial charge on any atom is -0.368 e. The van der Waals surface area contributed by atoms with Gasteiger partial charge in [0.15, 0.2) is 0 Å². The Morgan fingerprint density at radius 3 is 2.47 bits per heavy atom. The highest BCUT2D eigenvalue weighted by atomic mass is 15.0. The van der Waals surface area contributed by atoms with E-state index in [1.165, 1.54) is 11.3 Å². The molecule has 0 fully saturated rings. The summed E-state index contributed by atoms with van der Waals surface area (Å²) >= 11 is 0. The van der Waals surface area contributed by atoms with Crippen LogP contribution in [0.1, 0.15) is 52.3 Å². The van der Waals surface area contributed by atoms with Gasteiger partial charge in [-0.15, -0.1) is 0 Å². The Hall–Kier alpha value is -1.09. The molecule has 0 amide bonds. The second-order valence-corrected chi connectivity index (χ2v) is 5.93. The Kier molecular flexibility index (Phi) is 6.85. The van der Waals surface area contributed by atoms with Crippen LogP contribution in [0.3, 0.4) is 0 Å². The van der Waals surface area contributed by atoms with E-state index in [1.54, 1.807) is 0 Å². The summed E-state index contributed by atoms with van der Waals surface area (Å²) in [6.07, 6.45) is 2.18. The van der Waals surface area contributed by atoms with Crippen molar-refractivity contribution in [2.45, 2.75) is 60.0 Å². The van der Waals surface area contributed by atoms with Gasteiger partial charge in [-0.25, -0.2) is 4.98 Å². The predicted octanol–water partition coefficient (Wildman–Crippen LogP) is 3.60. The average molecular weight is 263 g/mol. The van der Waals surface area contributed by atoms with Gasteiger partial charge in [0, 0.05) is 18.3 Å². The molecule has 0 saturated carbocycles. The van der Waals surface area contributed by atoms with Crippen LogP contribution in [0, 0.1) is 5.92 Å². The van der Waals surface area contributed by atoms with Crippen LogP contribution >= 0.6 is 0 Å². The monoisotopic (exact) mass is 263 g/mol. The van der Waals surface area contributed by atoms with E-state index < -0.39 is 0 Å². The van der Waals surface area contributed by atoms with Crippen LogP contribution < -0.4 is 10.6 Å². The molecule has 0 spiro atoms. The smallest absolute Gasteiger partial charge is 0.126 e. The number of aromatic nitrogens is 1. The van der Waals surface area contributed by atoms with Crippen LogP contribution in [0.2, 0.25) is 0 Å². The van der Waals surface area contributed by atoms with Crippen LogP contribution in [-0.2, 0) is 13.0 Å². The van der Waals surface area contributed by atoms with E-state index in [2.05, 4.69) is 62.4 Å². The van der Waals surface area contributed by atoms with Crippen LogP contribution in [-0.4, -0.2) is 17.6 Å². The van der Waals surface area contributed by atoms with Crippen molar-refractivity contribution in [1.29, 1.82) is 0 Å². The van der Waals surface area contributed by atoms with Gasteiger partial charge in [-0.3, -0.25) is 0 Å². The van der Waals surface area contributed by atoms with E-state index in [0.717, 1.165) is 31.7 Å². The van der Waals surface area contributed by atoms with Gasteiger partial charge in [0.1, 0.15) is 5.82 Å². The third-order valence-corrected chi connectivity index (χ3v) is 2.76. The molecule has 0 aliphatic carbocycles. The Labute approximate surface area is 118 Å². The van der Waals surface area contributed by atoms with E-state index in [9.17, 15) is 0 Å². The molecule has 1 aromatic heterocycles. The number of nitrogens with zero attached hydrogens (tertiary/aromatic N) is 1. The lowest BCUT2D eigenvalue weighted by atomic mass is 10.1. The van der Waals surface area contributed by atoms with Gasteiger partial charge in [-0.1, -0.05) is 27.2 Å². The normalized spacial score (nSPS) is 11.3. The molecule has 0 aromatic carbocycles. The van der Waals surface area contributed by atoms with E-state index in [0.29, 0.717) is 12.0 Å². The molecule has 0 radical (unpaired) electrons. The lowest BCUT2D eigenvalue weighted by Gasteiger charge is -2.14. The molecule has 0 aliphatic heterocycles. The number of hydrogen-bond donors (Lipinski definition) is 2. The molecule has 108 valence electrons.